The third kappa shape index (κ3) is 2.52. The Bertz CT molecular complexity index is 606. The summed E-state index contributed by atoms with van der Waals surface area (Å²) < 4.78 is 0. The minimum Gasteiger partial charge on any atom is -0.341 e. The number of aromatic nitrogens is 4. The molecule has 0 bridgehead atoms. The monoisotopic (exact) mass is 280 g/mol. The van der Waals surface area contributed by atoms with Crippen LogP contribution in [-0.4, -0.2) is 38.9 Å². The number of rotatable bonds is 2. The molecule has 0 spiro atoms. The van der Waals surface area contributed by atoms with E-state index < -0.39 is 0 Å². The lowest BCUT2D eigenvalue weighted by Crippen LogP contribution is -2.37. The molecule has 0 unspecified atom stereocenters. The van der Waals surface area contributed by atoms with E-state index in [1.807, 2.05) is 0 Å². The number of carbonyl (C=O) groups excluding carboxylic acids is 1. The molecule has 19 heavy (non-hydrogen) atoms. The van der Waals surface area contributed by atoms with Gasteiger partial charge in [0.05, 0.1) is 12.2 Å². The first kappa shape index (κ1) is 12.3. The van der Waals surface area contributed by atoms with Gasteiger partial charge in [-0.3, -0.25) is 10.1 Å². The number of halogens is 1. The molecule has 3 rings (SSSR count). The number of amides is 1. The molecule has 3 N–H and O–H groups in total. The largest absolute Gasteiger partial charge is 0.341 e. The maximum absolute atomic E-state index is 12.1. The first-order valence-corrected chi connectivity index (χ1v) is 6.50. The summed E-state index contributed by atoms with van der Waals surface area (Å²) in [4.78, 5) is 27.1. The van der Waals surface area contributed by atoms with E-state index in [0.717, 1.165) is 19.4 Å². The number of piperidine rings is 1. The van der Waals surface area contributed by atoms with Gasteiger partial charge >= 0.3 is 0 Å². The molecule has 100 valence electrons. The van der Waals surface area contributed by atoms with Gasteiger partial charge in [-0.1, -0.05) is 11.6 Å². The second-order valence-corrected chi connectivity index (χ2v) is 4.83. The minimum atomic E-state index is -0.0850. The molecule has 7 nitrogen and oxygen atoms in total. The number of fused-ring (bicyclic) bond motifs is 1. The Hall–Kier alpha value is -1.73. The molecule has 1 saturated heterocycles. The summed E-state index contributed by atoms with van der Waals surface area (Å²) in [6.07, 6.45) is 3.36. The molecule has 2 aromatic heterocycles. The van der Waals surface area contributed by atoms with Gasteiger partial charge in [0.15, 0.2) is 10.8 Å². The van der Waals surface area contributed by atoms with Crippen LogP contribution in [0.25, 0.3) is 11.2 Å². The zero-order chi connectivity index (χ0) is 13.2. The van der Waals surface area contributed by atoms with Gasteiger partial charge in [-0.15, -0.1) is 0 Å². The van der Waals surface area contributed by atoms with Crippen molar-refractivity contribution < 1.29 is 4.79 Å². The van der Waals surface area contributed by atoms with Gasteiger partial charge < -0.3 is 10.3 Å². The summed E-state index contributed by atoms with van der Waals surface area (Å²) in [5, 5.41) is 6.14. The average molecular weight is 281 g/mol. The number of carbonyl (C=O) groups is 1. The van der Waals surface area contributed by atoms with E-state index in [9.17, 15) is 4.79 Å². The van der Waals surface area contributed by atoms with E-state index in [4.69, 9.17) is 11.6 Å². The van der Waals surface area contributed by atoms with Crippen molar-refractivity contribution in [1.29, 1.82) is 0 Å². The fraction of sp³-hybridized carbons (Fsp3) is 0.455. The predicted molar refractivity (Wildman–Crippen MR) is 70.9 cm³/mol. The third-order valence-corrected chi connectivity index (χ3v) is 3.42. The van der Waals surface area contributed by atoms with Crippen molar-refractivity contribution in [3.05, 3.63) is 11.5 Å². The summed E-state index contributed by atoms with van der Waals surface area (Å²) >= 11 is 5.99. The molecule has 0 aliphatic carbocycles. The molecule has 1 aliphatic heterocycles. The zero-order valence-electron chi connectivity index (χ0n) is 10.1. The summed E-state index contributed by atoms with van der Waals surface area (Å²) in [6, 6.07) is 0. The number of aromatic amines is 1. The van der Waals surface area contributed by atoms with E-state index in [1.165, 1.54) is 6.33 Å². The van der Waals surface area contributed by atoms with Crippen LogP contribution in [0.1, 0.15) is 12.8 Å². The molecule has 0 aromatic carbocycles. The molecule has 0 saturated carbocycles. The molecule has 8 heteroatoms. The summed E-state index contributed by atoms with van der Waals surface area (Å²) in [7, 11) is 0. The van der Waals surface area contributed by atoms with Gasteiger partial charge in [-0.25, -0.2) is 4.98 Å². The van der Waals surface area contributed by atoms with Crippen LogP contribution in [-0.2, 0) is 4.79 Å². The van der Waals surface area contributed by atoms with Crippen LogP contribution in [0.3, 0.4) is 0 Å². The Kier molecular flexibility index (Phi) is 3.31. The Labute approximate surface area is 114 Å². The van der Waals surface area contributed by atoms with Gasteiger partial charge in [0.25, 0.3) is 0 Å². The third-order valence-electron chi connectivity index (χ3n) is 3.14. The van der Waals surface area contributed by atoms with Crippen molar-refractivity contribution in [1.82, 2.24) is 25.3 Å². The molecule has 1 aliphatic rings. The number of imidazole rings is 1. The number of H-pyrrole nitrogens is 1. The summed E-state index contributed by atoms with van der Waals surface area (Å²) in [5.41, 5.74) is 1.01. The van der Waals surface area contributed by atoms with Crippen LogP contribution in [0.4, 0.5) is 5.95 Å². The van der Waals surface area contributed by atoms with Crippen molar-refractivity contribution in [2.24, 2.45) is 5.92 Å². The predicted octanol–water partition coefficient (Wildman–Crippen LogP) is 0.944. The lowest BCUT2D eigenvalue weighted by Gasteiger charge is -2.21. The summed E-state index contributed by atoms with van der Waals surface area (Å²) in [6.45, 7) is 1.65. The number of nitrogens with zero attached hydrogens (tertiary/aromatic N) is 3. The van der Waals surface area contributed by atoms with Gasteiger partial charge in [-0.2, -0.15) is 9.97 Å². The smallest absolute Gasteiger partial charge is 0.233 e. The quantitative estimate of drug-likeness (QED) is 0.712. The van der Waals surface area contributed by atoms with Crippen molar-refractivity contribution in [3.63, 3.8) is 0 Å². The fourth-order valence-electron chi connectivity index (χ4n) is 2.14. The van der Waals surface area contributed by atoms with E-state index in [1.54, 1.807) is 0 Å². The highest BCUT2D eigenvalue weighted by Crippen LogP contribution is 2.19. The average Bonchev–Trinajstić information content (AvgIpc) is 2.88. The van der Waals surface area contributed by atoms with Crippen LogP contribution in [0.2, 0.25) is 5.15 Å². The van der Waals surface area contributed by atoms with Gasteiger partial charge in [0.2, 0.25) is 11.9 Å². The van der Waals surface area contributed by atoms with Gasteiger partial charge in [0, 0.05) is 6.54 Å². The lowest BCUT2D eigenvalue weighted by molar-refractivity contribution is -0.120. The molecule has 1 fully saturated rings. The highest BCUT2D eigenvalue weighted by molar-refractivity contribution is 6.33. The van der Waals surface area contributed by atoms with E-state index >= 15 is 0 Å². The molecule has 0 radical (unpaired) electrons. The van der Waals surface area contributed by atoms with Crippen LogP contribution in [0.5, 0.6) is 0 Å². The molecular formula is C11H13ClN6O. The van der Waals surface area contributed by atoms with E-state index in [-0.39, 0.29) is 22.9 Å². The van der Waals surface area contributed by atoms with Gasteiger partial charge in [-0.05, 0) is 19.4 Å². The number of hydrogen-bond donors (Lipinski definition) is 3. The van der Waals surface area contributed by atoms with E-state index in [0.29, 0.717) is 17.7 Å². The normalized spacial score (nSPS) is 19.5. The fourth-order valence-corrected chi connectivity index (χ4v) is 2.36. The van der Waals surface area contributed by atoms with Crippen LogP contribution in [0, 0.1) is 5.92 Å². The second kappa shape index (κ2) is 5.10. The second-order valence-electron chi connectivity index (χ2n) is 4.47. The molecule has 2 aromatic rings. The Morgan fingerprint density at radius 1 is 1.47 bits per heavy atom. The topological polar surface area (TPSA) is 95.6 Å². The van der Waals surface area contributed by atoms with Crippen LogP contribution >= 0.6 is 11.6 Å². The number of hydrogen-bond acceptors (Lipinski definition) is 5. The van der Waals surface area contributed by atoms with Crippen molar-refractivity contribution >= 4 is 34.6 Å². The Morgan fingerprint density at radius 2 is 2.37 bits per heavy atom. The number of nitrogens with one attached hydrogen (secondary N) is 3. The number of anilines is 1. The van der Waals surface area contributed by atoms with E-state index in [2.05, 4.69) is 30.6 Å². The van der Waals surface area contributed by atoms with Gasteiger partial charge in [0.1, 0.15) is 5.52 Å². The van der Waals surface area contributed by atoms with Crippen molar-refractivity contribution in [2.45, 2.75) is 12.8 Å². The molecule has 1 amide bonds. The minimum absolute atomic E-state index is 0.0500. The zero-order valence-corrected chi connectivity index (χ0v) is 10.9. The van der Waals surface area contributed by atoms with Crippen LogP contribution < -0.4 is 10.6 Å². The lowest BCUT2D eigenvalue weighted by atomic mass is 9.99. The molecule has 3 heterocycles. The van der Waals surface area contributed by atoms with Crippen molar-refractivity contribution in [2.75, 3.05) is 18.4 Å². The Balaban J connectivity index is 1.78. The first-order chi connectivity index (χ1) is 9.24. The standard InChI is InChI=1S/C11H13ClN6O/c12-8-7-9(15-5-14-7)17-11(16-8)18-10(19)6-2-1-3-13-4-6/h5-6,13H,1-4H2,(H2,14,15,16,17,18,19)/t6-/m0/s1. The van der Waals surface area contributed by atoms with Crippen molar-refractivity contribution in [3.8, 4) is 0 Å². The highest BCUT2D eigenvalue weighted by atomic mass is 35.5. The maximum atomic E-state index is 12.1. The van der Waals surface area contributed by atoms with Crippen LogP contribution in [0.15, 0.2) is 6.33 Å². The summed E-state index contributed by atoms with van der Waals surface area (Å²) in [5.74, 6) is 0.0596. The Morgan fingerprint density at radius 3 is 3.16 bits per heavy atom. The molecule has 1 atom stereocenters. The maximum Gasteiger partial charge on any atom is 0.233 e. The molecular weight excluding hydrogens is 268 g/mol. The highest BCUT2D eigenvalue weighted by Gasteiger charge is 2.22. The first-order valence-electron chi connectivity index (χ1n) is 6.12. The SMILES string of the molecule is O=C(Nc1nc(Cl)c2[nH]cnc2n1)[C@H]1CCCNC1.